The van der Waals surface area contributed by atoms with Gasteiger partial charge in [-0.25, -0.2) is 19.6 Å². The molecule has 0 amide bonds. The molecule has 0 fully saturated rings. The van der Waals surface area contributed by atoms with Crippen LogP contribution in [0, 0.1) is 0 Å². The highest BCUT2D eigenvalue weighted by Crippen LogP contribution is 2.56. The summed E-state index contributed by atoms with van der Waals surface area (Å²) in [5, 5.41) is 14.5. The topological polar surface area (TPSA) is 217 Å². The number of phosphoric acid groups is 2. The van der Waals surface area contributed by atoms with Crippen LogP contribution in [-0.2, 0) is 32.8 Å². The fourth-order valence-electron chi connectivity index (χ4n) is 0.149. The Kier molecular flexibility index (Phi) is 7.72. The molecule has 0 heterocycles. The third-order valence-electron chi connectivity index (χ3n) is 0.407. The van der Waals surface area contributed by atoms with Gasteiger partial charge in [-0.3, -0.25) is 4.55 Å². The summed E-state index contributed by atoms with van der Waals surface area (Å²) in [4.78, 5) is 23.7. The van der Waals surface area contributed by atoms with Crippen molar-refractivity contribution in [3.63, 3.8) is 0 Å². The van der Waals surface area contributed by atoms with Gasteiger partial charge >= 0.3 is 26.0 Å². The lowest BCUT2D eigenvalue weighted by atomic mass is 15.0. The first-order chi connectivity index (χ1) is 6.83. The fourth-order valence-corrected chi connectivity index (χ4v) is 1.34. The van der Waals surface area contributed by atoms with Gasteiger partial charge in [0, 0.05) is 0 Å². The zero-order valence-electron chi connectivity index (χ0n) is 6.84. The van der Waals surface area contributed by atoms with E-state index in [-0.39, 0.29) is 0 Å². The van der Waals surface area contributed by atoms with E-state index in [1.807, 2.05) is 0 Å². The van der Waals surface area contributed by atoms with E-state index in [9.17, 15) is 9.13 Å². The quantitative estimate of drug-likeness (QED) is 0.158. The molecule has 100 valence electrons. The minimum atomic E-state index is -5.10. The van der Waals surface area contributed by atoms with E-state index >= 15 is 0 Å². The Morgan fingerprint density at radius 2 is 1.31 bits per heavy atom. The van der Waals surface area contributed by atoms with Gasteiger partial charge in [0.15, 0.2) is 0 Å². The van der Waals surface area contributed by atoms with E-state index in [1.165, 1.54) is 0 Å². The van der Waals surface area contributed by atoms with E-state index in [2.05, 4.69) is 13.3 Å². The van der Waals surface area contributed by atoms with E-state index in [1.54, 1.807) is 0 Å². The molecule has 0 saturated carbocycles. The lowest BCUT2D eigenvalue weighted by Crippen LogP contribution is -1.97. The minimum absolute atomic E-state index is 2.47. The van der Waals surface area contributed by atoms with Crippen LogP contribution in [0.2, 0.25) is 0 Å². The van der Waals surface area contributed by atoms with Crippen LogP contribution in [0.4, 0.5) is 0 Å². The second kappa shape index (κ2) is 6.70. The minimum Gasteiger partial charge on any atom is -0.302 e. The Balaban J connectivity index is 0. The molecule has 1 unspecified atom stereocenters. The molecule has 0 rings (SSSR count). The lowest BCUT2D eigenvalue weighted by molar-refractivity contribution is -0.157. The molecule has 0 saturated heterocycles. The normalized spacial score (nSPS) is 15.9. The Morgan fingerprint density at radius 1 is 1.00 bits per heavy atom. The van der Waals surface area contributed by atoms with Crippen molar-refractivity contribution in [1.29, 1.82) is 0 Å². The molecule has 0 aliphatic carbocycles. The molecule has 0 aliphatic heterocycles. The smallest absolute Gasteiger partial charge is 0.302 e. The monoisotopic (exact) mass is 308 g/mol. The zero-order chi connectivity index (χ0) is 13.6. The van der Waals surface area contributed by atoms with Crippen molar-refractivity contribution < 1.29 is 60.6 Å². The van der Waals surface area contributed by atoms with Gasteiger partial charge in [0.2, 0.25) is 0 Å². The molecule has 0 aromatic rings. The maximum atomic E-state index is 9.97. The number of hydrogen-bond donors (Lipinski definition) is 6. The summed E-state index contributed by atoms with van der Waals surface area (Å²) in [5.41, 5.74) is 0. The predicted molar refractivity (Wildman–Crippen MR) is 41.9 cm³/mol. The van der Waals surface area contributed by atoms with Crippen molar-refractivity contribution in [2.24, 2.45) is 0 Å². The van der Waals surface area contributed by atoms with Crippen molar-refractivity contribution in [3.05, 3.63) is 0 Å². The highest BCUT2D eigenvalue weighted by Gasteiger charge is 2.32. The van der Waals surface area contributed by atoms with Crippen LogP contribution in [0.15, 0.2) is 0 Å². The maximum Gasteiger partial charge on any atom is 0.508 e. The molecule has 13 nitrogen and oxygen atoms in total. The van der Waals surface area contributed by atoms with E-state index in [4.69, 9.17) is 38.2 Å². The zero-order valence-corrected chi connectivity index (χ0v) is 9.45. The van der Waals surface area contributed by atoms with Crippen LogP contribution in [0.1, 0.15) is 0 Å². The Hall–Kier alpha value is 0.0500. The van der Waals surface area contributed by atoms with Crippen LogP contribution in [0.25, 0.3) is 0 Å². The van der Waals surface area contributed by atoms with E-state index in [0.29, 0.717) is 0 Å². The number of hydrogen-bond acceptors (Lipinski definition) is 9. The molecule has 0 spiro atoms. The van der Waals surface area contributed by atoms with Crippen molar-refractivity contribution in [1.82, 2.24) is 0 Å². The lowest BCUT2D eigenvalue weighted by Gasteiger charge is -2.06. The Morgan fingerprint density at radius 3 is 1.38 bits per heavy atom. The van der Waals surface area contributed by atoms with E-state index < -0.39 is 26.0 Å². The van der Waals surface area contributed by atoms with Gasteiger partial charge in [0.25, 0.3) is 0 Å². The maximum absolute atomic E-state index is 9.97. The molecule has 0 aromatic heterocycles. The van der Waals surface area contributed by atoms with Crippen molar-refractivity contribution in [2.75, 3.05) is 0 Å². The third kappa shape index (κ3) is 16.5. The molecular formula is H6O13P2S. The van der Waals surface area contributed by atoms with Crippen molar-refractivity contribution in [3.8, 4) is 0 Å². The molecule has 16 heavy (non-hydrogen) atoms. The highest BCUT2D eigenvalue weighted by atomic mass is 32.3. The second-order valence-corrected chi connectivity index (χ2v) is 5.36. The molecule has 0 aromatic carbocycles. The largest absolute Gasteiger partial charge is 0.508 e. The molecular weight excluding hydrogens is 302 g/mol. The SMILES string of the molecule is O=P(O)(O)OP(=O)(O)OO.O=S(=O)(O)OO. The Labute approximate surface area is 87.5 Å². The van der Waals surface area contributed by atoms with Gasteiger partial charge in [-0.2, -0.15) is 12.7 Å². The summed E-state index contributed by atoms with van der Waals surface area (Å²) in [5.74, 6) is 0. The summed E-state index contributed by atoms with van der Waals surface area (Å²) >= 11 is 0. The van der Waals surface area contributed by atoms with E-state index in [0.717, 1.165) is 0 Å². The average molecular weight is 308 g/mol. The van der Waals surface area contributed by atoms with Crippen LogP contribution in [0.3, 0.4) is 0 Å². The third-order valence-corrected chi connectivity index (χ3v) is 2.48. The first-order valence-electron chi connectivity index (χ1n) is 2.56. The average Bonchev–Trinajstić information content (AvgIpc) is 2.00. The molecule has 0 bridgehead atoms. The van der Waals surface area contributed by atoms with Crippen LogP contribution >= 0.6 is 15.6 Å². The fraction of sp³-hybridized carbons (Fsp3) is 0. The summed E-state index contributed by atoms with van der Waals surface area (Å²) < 4.78 is 53.5. The van der Waals surface area contributed by atoms with Crippen LogP contribution < -0.4 is 0 Å². The molecule has 1 atom stereocenters. The molecule has 0 radical (unpaired) electrons. The van der Waals surface area contributed by atoms with Gasteiger partial charge in [-0.05, 0) is 0 Å². The van der Waals surface area contributed by atoms with Gasteiger partial charge in [0.05, 0.1) is 0 Å². The summed E-state index contributed by atoms with van der Waals surface area (Å²) in [7, 11) is -14.7. The highest BCUT2D eigenvalue weighted by molar-refractivity contribution is 7.80. The van der Waals surface area contributed by atoms with Gasteiger partial charge in [-0.15, -0.1) is 4.67 Å². The number of rotatable bonds is 4. The molecule has 16 heteroatoms. The van der Waals surface area contributed by atoms with Gasteiger partial charge in [-0.1, -0.05) is 4.33 Å². The molecule has 6 N–H and O–H groups in total. The van der Waals surface area contributed by atoms with Crippen LogP contribution in [0.5, 0.6) is 0 Å². The standard InChI is InChI=1S/H4O8P2.H2O5S/c1-7-10(5,6)8-9(2,3)4;1-5-6(2,3)4/h1H,(H,5,6)(H2,2,3,4);1H,(H,2,3,4). The van der Waals surface area contributed by atoms with Crippen molar-refractivity contribution in [2.45, 2.75) is 0 Å². The summed E-state index contributed by atoms with van der Waals surface area (Å²) in [6.45, 7) is 0. The Bertz CT molecular complexity index is 369. The van der Waals surface area contributed by atoms with Crippen LogP contribution in [-0.4, -0.2) is 38.2 Å². The predicted octanol–water partition coefficient (Wildman–Crippen LogP) is -1.04. The van der Waals surface area contributed by atoms with Gasteiger partial charge in [0.1, 0.15) is 0 Å². The summed E-state index contributed by atoms with van der Waals surface area (Å²) in [6, 6.07) is 0. The van der Waals surface area contributed by atoms with Gasteiger partial charge < -0.3 is 14.7 Å². The molecule has 0 aliphatic rings. The second-order valence-electron chi connectivity index (χ2n) is 1.62. The first-order valence-corrected chi connectivity index (χ1v) is 6.95. The van der Waals surface area contributed by atoms with Crippen molar-refractivity contribution >= 4 is 26.0 Å². The summed E-state index contributed by atoms with van der Waals surface area (Å²) in [6.07, 6.45) is 0. The first kappa shape index (κ1) is 18.4.